The van der Waals surface area contributed by atoms with Gasteiger partial charge in [-0.25, -0.2) is 9.67 Å². The van der Waals surface area contributed by atoms with Gasteiger partial charge in [0.1, 0.15) is 18.2 Å². The maximum atomic E-state index is 12.1. The topological polar surface area (TPSA) is 63.1 Å². The van der Waals surface area contributed by atoms with E-state index in [1.54, 1.807) is 4.68 Å². The zero-order chi connectivity index (χ0) is 14.2. The minimum Gasteiger partial charge on any atom is -0.349 e. The first kappa shape index (κ1) is 13.5. The highest BCUT2D eigenvalue weighted by atomic mass is 16.2. The first-order valence-electron chi connectivity index (χ1n) is 7.54. The van der Waals surface area contributed by atoms with Crippen LogP contribution in [0.4, 0.5) is 0 Å². The van der Waals surface area contributed by atoms with Crippen LogP contribution in [-0.2, 0) is 17.8 Å². The Morgan fingerprint density at radius 3 is 2.80 bits per heavy atom. The van der Waals surface area contributed by atoms with Crippen molar-refractivity contribution in [2.45, 2.75) is 51.6 Å². The predicted octanol–water partition coefficient (Wildman–Crippen LogP) is 0.503. The summed E-state index contributed by atoms with van der Waals surface area (Å²) in [6.07, 6.45) is 4.00. The number of piperidine rings is 1. The van der Waals surface area contributed by atoms with Crippen LogP contribution in [0.25, 0.3) is 0 Å². The van der Waals surface area contributed by atoms with E-state index in [0.717, 1.165) is 50.5 Å². The van der Waals surface area contributed by atoms with Crippen LogP contribution in [0.2, 0.25) is 0 Å². The van der Waals surface area contributed by atoms with E-state index in [-0.39, 0.29) is 11.4 Å². The lowest BCUT2D eigenvalue weighted by Gasteiger charge is -2.41. The number of rotatable bonds is 2. The lowest BCUT2D eigenvalue weighted by molar-refractivity contribution is -0.123. The van der Waals surface area contributed by atoms with Crippen molar-refractivity contribution in [3.05, 3.63) is 11.6 Å². The summed E-state index contributed by atoms with van der Waals surface area (Å²) in [5.41, 5.74) is -0.116. The van der Waals surface area contributed by atoms with E-state index in [2.05, 4.69) is 27.2 Å². The Balaban J connectivity index is 1.78. The summed E-state index contributed by atoms with van der Waals surface area (Å²) >= 11 is 0. The van der Waals surface area contributed by atoms with Crippen molar-refractivity contribution in [2.24, 2.45) is 0 Å². The highest BCUT2D eigenvalue weighted by molar-refractivity contribution is 5.77. The summed E-state index contributed by atoms with van der Waals surface area (Å²) in [5, 5.41) is 7.56. The molecule has 0 aromatic carbocycles. The van der Waals surface area contributed by atoms with Crippen molar-refractivity contribution in [3.8, 4) is 0 Å². The number of aromatic nitrogens is 3. The molecule has 0 saturated carbocycles. The van der Waals surface area contributed by atoms with Gasteiger partial charge in [-0.15, -0.1) is 0 Å². The van der Waals surface area contributed by atoms with Crippen LogP contribution in [0.1, 0.15) is 37.8 Å². The molecule has 1 aromatic heterocycles. The minimum atomic E-state index is -0.116. The molecule has 1 amide bonds. The fourth-order valence-electron chi connectivity index (χ4n) is 3.40. The lowest BCUT2D eigenvalue weighted by atomic mass is 9.84. The predicted molar refractivity (Wildman–Crippen MR) is 75.3 cm³/mol. The van der Waals surface area contributed by atoms with Gasteiger partial charge in [0.25, 0.3) is 0 Å². The third-order valence-corrected chi connectivity index (χ3v) is 4.40. The third kappa shape index (κ3) is 2.57. The van der Waals surface area contributed by atoms with Crippen molar-refractivity contribution >= 4 is 5.91 Å². The van der Waals surface area contributed by atoms with Gasteiger partial charge in [-0.05, 0) is 32.7 Å². The number of nitrogens with one attached hydrogen (secondary N) is 1. The molecule has 1 fully saturated rings. The minimum absolute atomic E-state index is 0.0672. The average molecular weight is 277 g/mol. The van der Waals surface area contributed by atoms with E-state index >= 15 is 0 Å². The van der Waals surface area contributed by atoms with E-state index < -0.39 is 0 Å². The van der Waals surface area contributed by atoms with Crippen LogP contribution in [-0.4, -0.2) is 50.7 Å². The van der Waals surface area contributed by atoms with E-state index in [1.165, 1.54) is 6.42 Å². The number of hydrogen-bond acceptors (Lipinski definition) is 4. The molecule has 0 bridgehead atoms. The van der Waals surface area contributed by atoms with Crippen LogP contribution < -0.4 is 5.32 Å². The SMILES string of the molecule is CCCN1CCC2(CC1)Cc1nc(C)nn1CC(=O)N2. The van der Waals surface area contributed by atoms with Crippen LogP contribution in [0.3, 0.4) is 0 Å². The van der Waals surface area contributed by atoms with Gasteiger partial charge in [0.15, 0.2) is 0 Å². The second-order valence-electron chi connectivity index (χ2n) is 6.08. The molecule has 2 aliphatic heterocycles. The van der Waals surface area contributed by atoms with Gasteiger partial charge in [0.2, 0.25) is 5.91 Å². The molecule has 6 nitrogen and oxygen atoms in total. The molecular formula is C14H23N5O. The number of amides is 1. The Morgan fingerprint density at radius 1 is 1.35 bits per heavy atom. The molecule has 1 aromatic rings. The fourth-order valence-corrected chi connectivity index (χ4v) is 3.40. The molecule has 1 N–H and O–H groups in total. The molecule has 0 atom stereocenters. The monoisotopic (exact) mass is 277 g/mol. The summed E-state index contributed by atoms with van der Waals surface area (Å²) in [7, 11) is 0. The molecular weight excluding hydrogens is 254 g/mol. The third-order valence-electron chi connectivity index (χ3n) is 4.40. The van der Waals surface area contributed by atoms with Crippen molar-refractivity contribution in [1.82, 2.24) is 25.0 Å². The highest BCUT2D eigenvalue weighted by Crippen LogP contribution is 2.28. The zero-order valence-corrected chi connectivity index (χ0v) is 12.4. The van der Waals surface area contributed by atoms with Gasteiger partial charge in [0, 0.05) is 25.0 Å². The summed E-state index contributed by atoms with van der Waals surface area (Å²) in [6, 6.07) is 0. The zero-order valence-electron chi connectivity index (χ0n) is 12.4. The smallest absolute Gasteiger partial charge is 0.242 e. The van der Waals surface area contributed by atoms with Crippen molar-refractivity contribution < 1.29 is 4.79 Å². The molecule has 2 aliphatic rings. The second kappa shape index (κ2) is 5.16. The number of aryl methyl sites for hydroxylation is 1. The van der Waals surface area contributed by atoms with Gasteiger partial charge >= 0.3 is 0 Å². The summed E-state index contributed by atoms with van der Waals surface area (Å²) in [5.74, 6) is 1.77. The summed E-state index contributed by atoms with van der Waals surface area (Å²) in [4.78, 5) is 19.1. The Labute approximate surface area is 119 Å². The normalized spacial score (nSPS) is 22.4. The van der Waals surface area contributed by atoms with E-state index in [4.69, 9.17) is 0 Å². The molecule has 6 heteroatoms. The van der Waals surface area contributed by atoms with Crippen molar-refractivity contribution in [3.63, 3.8) is 0 Å². The second-order valence-corrected chi connectivity index (χ2v) is 6.08. The molecule has 1 saturated heterocycles. The lowest BCUT2D eigenvalue weighted by Crippen LogP contribution is -2.56. The van der Waals surface area contributed by atoms with E-state index in [0.29, 0.717) is 6.54 Å². The number of hydrogen-bond donors (Lipinski definition) is 1. The van der Waals surface area contributed by atoms with Crippen molar-refractivity contribution in [2.75, 3.05) is 19.6 Å². The van der Waals surface area contributed by atoms with Crippen LogP contribution in [0.5, 0.6) is 0 Å². The number of fused-ring (bicyclic) bond motifs is 1. The molecule has 20 heavy (non-hydrogen) atoms. The maximum Gasteiger partial charge on any atom is 0.242 e. The Hall–Kier alpha value is -1.43. The van der Waals surface area contributed by atoms with Crippen LogP contribution in [0.15, 0.2) is 0 Å². The standard InChI is InChI=1S/C14H23N5O/c1-3-6-18-7-4-14(5-8-18)9-12-15-11(2)17-19(12)10-13(20)16-14/h3-10H2,1-2H3,(H,16,20). The van der Waals surface area contributed by atoms with Gasteiger partial charge in [-0.3, -0.25) is 4.79 Å². The number of carbonyl (C=O) groups is 1. The first-order valence-corrected chi connectivity index (χ1v) is 7.54. The summed E-state index contributed by atoms with van der Waals surface area (Å²) in [6.45, 7) is 7.66. The van der Waals surface area contributed by atoms with E-state index in [9.17, 15) is 4.79 Å². The Bertz CT molecular complexity index is 502. The highest BCUT2D eigenvalue weighted by Gasteiger charge is 2.39. The van der Waals surface area contributed by atoms with Crippen LogP contribution in [0, 0.1) is 6.92 Å². The molecule has 3 heterocycles. The number of nitrogens with zero attached hydrogens (tertiary/aromatic N) is 4. The molecule has 3 rings (SSSR count). The number of likely N-dealkylation sites (tertiary alicyclic amines) is 1. The Morgan fingerprint density at radius 2 is 2.10 bits per heavy atom. The summed E-state index contributed by atoms with van der Waals surface area (Å²) < 4.78 is 1.76. The first-order chi connectivity index (χ1) is 9.60. The largest absolute Gasteiger partial charge is 0.349 e. The Kier molecular flexibility index (Phi) is 3.50. The van der Waals surface area contributed by atoms with Crippen molar-refractivity contribution in [1.29, 1.82) is 0 Å². The molecule has 110 valence electrons. The molecule has 0 aliphatic carbocycles. The molecule has 1 spiro atoms. The van der Waals surface area contributed by atoms with Crippen LogP contribution >= 0.6 is 0 Å². The van der Waals surface area contributed by atoms with Gasteiger partial charge in [-0.2, -0.15) is 5.10 Å². The molecule has 0 radical (unpaired) electrons. The maximum absolute atomic E-state index is 12.1. The van der Waals surface area contributed by atoms with E-state index in [1.807, 2.05) is 6.92 Å². The quantitative estimate of drug-likeness (QED) is 0.855. The van der Waals surface area contributed by atoms with Gasteiger partial charge < -0.3 is 10.2 Å². The molecule has 0 unspecified atom stereocenters. The van der Waals surface area contributed by atoms with Gasteiger partial charge in [0.05, 0.1) is 0 Å². The average Bonchev–Trinajstić information content (AvgIpc) is 2.66. The van der Waals surface area contributed by atoms with Gasteiger partial charge in [-0.1, -0.05) is 6.92 Å². The number of carbonyl (C=O) groups excluding carboxylic acids is 1. The fraction of sp³-hybridized carbons (Fsp3) is 0.786.